The van der Waals surface area contributed by atoms with Gasteiger partial charge in [0, 0.05) is 11.6 Å². The van der Waals surface area contributed by atoms with E-state index in [-0.39, 0.29) is 45.7 Å². The Bertz CT molecular complexity index is 343. The summed E-state index contributed by atoms with van der Waals surface area (Å²) in [5.74, 6) is 0. The third-order valence-corrected chi connectivity index (χ3v) is 1.71. The van der Waals surface area contributed by atoms with Crippen molar-refractivity contribution in [1.82, 2.24) is 0 Å². The normalized spacial score (nSPS) is 8.69. The summed E-state index contributed by atoms with van der Waals surface area (Å²) < 4.78 is 0. The second-order valence-corrected chi connectivity index (χ2v) is 2.60. The molecular formula is C7H5NNaO3S+. The van der Waals surface area contributed by atoms with Gasteiger partial charge in [0.05, 0.1) is 9.82 Å². The molecule has 0 radical (unpaired) electrons. The Hall–Kier alpha value is -0.360. The van der Waals surface area contributed by atoms with E-state index in [0.717, 1.165) is 0 Å². The topological polar surface area (TPSA) is 60.2 Å². The van der Waals surface area contributed by atoms with E-state index in [0.29, 0.717) is 6.29 Å². The minimum absolute atomic E-state index is 0. The van der Waals surface area contributed by atoms with Crippen molar-refractivity contribution in [2.45, 2.75) is 4.90 Å². The molecule has 6 heteroatoms. The number of nitro groups is 1. The molecule has 0 heterocycles. The van der Waals surface area contributed by atoms with Crippen molar-refractivity contribution in [2.24, 2.45) is 0 Å². The molecule has 0 aromatic heterocycles. The van der Waals surface area contributed by atoms with E-state index in [1.165, 1.54) is 18.2 Å². The van der Waals surface area contributed by atoms with E-state index < -0.39 is 4.92 Å². The van der Waals surface area contributed by atoms with Crippen molar-refractivity contribution >= 4 is 24.6 Å². The number of nitro benzene ring substituents is 1. The summed E-state index contributed by atoms with van der Waals surface area (Å²) in [5, 5.41) is 10.3. The molecule has 0 bridgehead atoms. The van der Waals surface area contributed by atoms with Crippen LogP contribution in [0.15, 0.2) is 23.1 Å². The van der Waals surface area contributed by atoms with Gasteiger partial charge in [0.2, 0.25) is 0 Å². The second-order valence-electron chi connectivity index (χ2n) is 2.12. The predicted molar refractivity (Wildman–Crippen MR) is 45.7 cm³/mol. The van der Waals surface area contributed by atoms with Crippen molar-refractivity contribution in [3.63, 3.8) is 0 Å². The van der Waals surface area contributed by atoms with Gasteiger partial charge in [0.25, 0.3) is 5.69 Å². The maximum Gasteiger partial charge on any atom is 1.00 e. The van der Waals surface area contributed by atoms with Crippen molar-refractivity contribution in [3.8, 4) is 0 Å². The Labute approximate surface area is 102 Å². The number of thiol groups is 1. The first-order valence-electron chi connectivity index (χ1n) is 3.07. The standard InChI is InChI=1S/C7H5NO3S.Na/c9-4-5-1-2-7(12)6(3-5)8(10)11;/h1-4,12H;/q;+1. The van der Waals surface area contributed by atoms with Gasteiger partial charge < -0.3 is 0 Å². The molecule has 0 N–H and O–H groups in total. The third kappa shape index (κ3) is 3.11. The molecule has 0 aliphatic carbocycles. The number of hydrogen-bond donors (Lipinski definition) is 1. The first-order chi connectivity index (χ1) is 5.65. The summed E-state index contributed by atoms with van der Waals surface area (Å²) >= 11 is 3.87. The molecule has 1 aromatic rings. The van der Waals surface area contributed by atoms with Gasteiger partial charge >= 0.3 is 29.6 Å². The summed E-state index contributed by atoms with van der Waals surface area (Å²) in [6, 6.07) is 4.09. The molecule has 13 heavy (non-hydrogen) atoms. The van der Waals surface area contributed by atoms with Crippen LogP contribution in [0.4, 0.5) is 5.69 Å². The fraction of sp³-hybridized carbons (Fsp3) is 0. The van der Waals surface area contributed by atoms with Crippen molar-refractivity contribution < 1.29 is 39.3 Å². The van der Waals surface area contributed by atoms with Gasteiger partial charge in [-0.3, -0.25) is 14.9 Å². The molecule has 0 saturated heterocycles. The van der Waals surface area contributed by atoms with Crippen LogP contribution in [0, 0.1) is 10.1 Å². The van der Waals surface area contributed by atoms with E-state index in [4.69, 9.17) is 0 Å². The number of nitrogens with zero attached hydrogens (tertiary/aromatic N) is 1. The van der Waals surface area contributed by atoms with Gasteiger partial charge in [-0.25, -0.2) is 0 Å². The Kier molecular flexibility index (Phi) is 5.24. The SMILES string of the molecule is O=Cc1ccc(S)c([N+](=O)[O-])c1.[Na+]. The van der Waals surface area contributed by atoms with Crippen LogP contribution in [0.5, 0.6) is 0 Å². The molecule has 0 aliphatic heterocycles. The number of rotatable bonds is 2. The Morgan fingerprint density at radius 1 is 1.46 bits per heavy atom. The summed E-state index contributed by atoms with van der Waals surface area (Å²) in [6.07, 6.45) is 0.556. The Morgan fingerprint density at radius 3 is 2.54 bits per heavy atom. The summed E-state index contributed by atoms with van der Waals surface area (Å²) in [6.45, 7) is 0. The molecule has 0 saturated carbocycles. The molecule has 0 fully saturated rings. The number of carbonyl (C=O) groups excluding carboxylic acids is 1. The smallest absolute Gasteiger partial charge is 0.298 e. The second kappa shape index (κ2) is 5.39. The maximum atomic E-state index is 10.3. The first-order valence-corrected chi connectivity index (χ1v) is 3.52. The van der Waals surface area contributed by atoms with Crippen molar-refractivity contribution in [1.29, 1.82) is 0 Å². The van der Waals surface area contributed by atoms with E-state index in [2.05, 4.69) is 12.6 Å². The number of benzene rings is 1. The molecule has 0 spiro atoms. The molecule has 1 rings (SSSR count). The zero-order valence-electron chi connectivity index (χ0n) is 6.93. The van der Waals surface area contributed by atoms with Crippen LogP contribution in [0.1, 0.15) is 10.4 Å². The number of aldehydes is 1. The zero-order valence-corrected chi connectivity index (χ0v) is 9.82. The van der Waals surface area contributed by atoms with E-state index in [9.17, 15) is 14.9 Å². The molecule has 0 atom stereocenters. The fourth-order valence-electron chi connectivity index (χ4n) is 0.760. The van der Waals surface area contributed by atoms with Crippen molar-refractivity contribution in [3.05, 3.63) is 33.9 Å². The van der Waals surface area contributed by atoms with Crippen LogP contribution in [0.2, 0.25) is 0 Å². The third-order valence-electron chi connectivity index (χ3n) is 1.33. The van der Waals surface area contributed by atoms with E-state index in [1.807, 2.05) is 0 Å². The summed E-state index contributed by atoms with van der Waals surface area (Å²) in [4.78, 5) is 20.3. The fourth-order valence-corrected chi connectivity index (χ4v) is 0.981. The first kappa shape index (κ1) is 12.6. The molecular weight excluding hydrogens is 201 g/mol. The van der Waals surface area contributed by atoms with Gasteiger partial charge in [-0.2, -0.15) is 0 Å². The van der Waals surface area contributed by atoms with E-state index in [1.54, 1.807) is 0 Å². The van der Waals surface area contributed by atoms with E-state index >= 15 is 0 Å². The van der Waals surface area contributed by atoms with Crippen LogP contribution in [-0.4, -0.2) is 11.2 Å². The van der Waals surface area contributed by atoms with Gasteiger partial charge in [0.1, 0.15) is 6.29 Å². The minimum Gasteiger partial charge on any atom is -0.298 e. The van der Waals surface area contributed by atoms with Gasteiger partial charge in [-0.05, 0) is 6.07 Å². The van der Waals surface area contributed by atoms with Crippen LogP contribution < -0.4 is 29.6 Å². The predicted octanol–water partition coefficient (Wildman–Crippen LogP) is -1.30. The average Bonchev–Trinajstić information content (AvgIpc) is 2.05. The molecule has 0 aliphatic rings. The zero-order chi connectivity index (χ0) is 9.14. The molecule has 4 nitrogen and oxygen atoms in total. The maximum absolute atomic E-state index is 10.3. The average molecular weight is 206 g/mol. The van der Waals surface area contributed by atoms with Gasteiger partial charge in [-0.1, -0.05) is 6.07 Å². The molecule has 0 amide bonds. The number of carbonyl (C=O) groups is 1. The molecule has 1 aromatic carbocycles. The summed E-state index contributed by atoms with van der Waals surface area (Å²) in [5.41, 5.74) is 0.127. The largest absolute Gasteiger partial charge is 1.00 e. The Balaban J connectivity index is 0.00000144. The minimum atomic E-state index is -0.574. The van der Waals surface area contributed by atoms with Gasteiger partial charge in [-0.15, -0.1) is 12.6 Å². The molecule has 0 unspecified atom stereocenters. The van der Waals surface area contributed by atoms with Crippen molar-refractivity contribution in [2.75, 3.05) is 0 Å². The monoisotopic (exact) mass is 206 g/mol. The van der Waals surface area contributed by atoms with Crippen LogP contribution in [-0.2, 0) is 0 Å². The summed E-state index contributed by atoms with van der Waals surface area (Å²) in [7, 11) is 0. The van der Waals surface area contributed by atoms with Crippen LogP contribution in [0.3, 0.4) is 0 Å². The number of hydrogen-bond acceptors (Lipinski definition) is 4. The van der Waals surface area contributed by atoms with Gasteiger partial charge in [0.15, 0.2) is 0 Å². The van der Waals surface area contributed by atoms with Crippen LogP contribution in [0.25, 0.3) is 0 Å². The quantitative estimate of drug-likeness (QED) is 0.215. The Morgan fingerprint density at radius 2 is 2.08 bits per heavy atom. The van der Waals surface area contributed by atoms with Crippen LogP contribution >= 0.6 is 12.6 Å². The molecule has 62 valence electrons.